The third kappa shape index (κ3) is 5.12. The Morgan fingerprint density at radius 2 is 1.43 bits per heavy atom. The van der Waals surface area contributed by atoms with Crippen molar-refractivity contribution in [2.75, 3.05) is 6.54 Å². The molecule has 6 nitrogen and oxygen atoms in total. The highest BCUT2D eigenvalue weighted by Crippen LogP contribution is 2.60. The van der Waals surface area contributed by atoms with Crippen molar-refractivity contribution < 1.29 is 18.5 Å². The molecule has 0 saturated heterocycles. The van der Waals surface area contributed by atoms with Crippen molar-refractivity contribution in [3.63, 3.8) is 0 Å². The monoisotopic (exact) mass is 417 g/mol. The summed E-state index contributed by atoms with van der Waals surface area (Å²) >= 11 is 6.05. The summed E-state index contributed by atoms with van der Waals surface area (Å²) in [5.41, 5.74) is -0.749. The van der Waals surface area contributed by atoms with E-state index in [0.29, 0.717) is 10.6 Å². The zero-order valence-electron chi connectivity index (χ0n) is 14.7. The van der Waals surface area contributed by atoms with E-state index >= 15 is 0 Å². The molecule has 28 heavy (non-hydrogen) atoms. The summed E-state index contributed by atoms with van der Waals surface area (Å²) in [5, 5.41) is 11.7. The molecular formula is C20H17ClNO5P. The molecule has 0 amide bonds. The quantitative estimate of drug-likeness (QED) is 0.255. The molecule has 0 saturated carbocycles. The molecule has 3 aromatic carbocycles. The number of halogens is 1. The van der Waals surface area contributed by atoms with Gasteiger partial charge in [0.2, 0.25) is 6.54 Å². The van der Waals surface area contributed by atoms with Gasteiger partial charge >= 0.3 is 7.60 Å². The predicted molar refractivity (Wildman–Crippen MR) is 108 cm³/mol. The number of hydrogen-bond acceptors (Lipinski definition) is 5. The Morgan fingerprint density at radius 1 is 0.893 bits per heavy atom. The zero-order valence-corrected chi connectivity index (χ0v) is 16.3. The summed E-state index contributed by atoms with van der Waals surface area (Å²) in [5.74, 6) is 0.578. The minimum absolute atomic E-state index is 0.289. The van der Waals surface area contributed by atoms with E-state index in [0.717, 1.165) is 0 Å². The average Bonchev–Trinajstić information content (AvgIpc) is 2.67. The van der Waals surface area contributed by atoms with Crippen LogP contribution in [0.4, 0.5) is 0 Å². The van der Waals surface area contributed by atoms with Crippen molar-refractivity contribution in [2.24, 2.45) is 0 Å². The molecule has 0 radical (unpaired) electrons. The molecule has 1 atom stereocenters. The standard InChI is InChI=1S/C20H17ClNO5P/c21-17-9-7-8-16(14-17)20(15-22(23)24)28(25,26-18-10-3-1-4-11-18)27-19-12-5-2-6-13-19/h1-14,20H,15H2. The lowest BCUT2D eigenvalue weighted by Crippen LogP contribution is -2.18. The van der Waals surface area contributed by atoms with Gasteiger partial charge in [0.05, 0.1) is 0 Å². The van der Waals surface area contributed by atoms with E-state index in [1.807, 2.05) is 0 Å². The summed E-state index contributed by atoms with van der Waals surface area (Å²) in [4.78, 5) is 10.8. The summed E-state index contributed by atoms with van der Waals surface area (Å²) < 4.78 is 25.4. The number of rotatable bonds is 8. The number of nitrogens with zero attached hydrogens (tertiary/aromatic N) is 1. The van der Waals surface area contributed by atoms with Gasteiger partial charge < -0.3 is 9.05 Å². The molecule has 0 aliphatic carbocycles. The van der Waals surface area contributed by atoms with Crippen LogP contribution in [0.15, 0.2) is 84.9 Å². The number of para-hydroxylation sites is 2. The van der Waals surface area contributed by atoms with Crippen molar-refractivity contribution >= 4 is 19.2 Å². The highest BCUT2D eigenvalue weighted by Gasteiger charge is 2.44. The lowest BCUT2D eigenvalue weighted by atomic mass is 10.1. The molecule has 0 aromatic heterocycles. The zero-order chi connectivity index (χ0) is 20.0. The fourth-order valence-electron chi connectivity index (χ4n) is 2.65. The molecule has 0 fully saturated rings. The molecule has 0 aliphatic rings. The number of hydrogen-bond donors (Lipinski definition) is 0. The van der Waals surface area contributed by atoms with Gasteiger partial charge in [-0.1, -0.05) is 60.1 Å². The van der Waals surface area contributed by atoms with E-state index in [2.05, 4.69) is 0 Å². The van der Waals surface area contributed by atoms with E-state index in [1.165, 1.54) is 6.07 Å². The third-order valence-electron chi connectivity index (χ3n) is 3.89. The van der Waals surface area contributed by atoms with E-state index in [9.17, 15) is 14.7 Å². The molecule has 144 valence electrons. The van der Waals surface area contributed by atoms with Crippen molar-refractivity contribution in [1.29, 1.82) is 0 Å². The molecule has 3 rings (SSSR count). The van der Waals surface area contributed by atoms with Crippen LogP contribution in [0.1, 0.15) is 11.2 Å². The minimum atomic E-state index is -4.07. The summed E-state index contributed by atoms with van der Waals surface area (Å²) in [6.07, 6.45) is 0. The first-order valence-electron chi connectivity index (χ1n) is 8.42. The maximum absolute atomic E-state index is 13.9. The first-order valence-corrected chi connectivity index (χ1v) is 10.4. The van der Waals surface area contributed by atoms with E-state index < -0.39 is 24.7 Å². The van der Waals surface area contributed by atoms with Crippen LogP contribution < -0.4 is 9.05 Å². The molecule has 0 N–H and O–H groups in total. The van der Waals surface area contributed by atoms with Gasteiger partial charge in [0, 0.05) is 9.95 Å². The Kier molecular flexibility index (Phi) is 6.34. The van der Waals surface area contributed by atoms with E-state index in [4.69, 9.17) is 20.6 Å². The number of nitro groups is 1. The Labute approximate surface area is 167 Å². The van der Waals surface area contributed by atoms with Crippen LogP contribution >= 0.6 is 19.2 Å². The maximum Gasteiger partial charge on any atom is 0.444 e. The van der Waals surface area contributed by atoms with Crippen LogP contribution in [-0.2, 0) is 4.57 Å². The molecular weight excluding hydrogens is 401 g/mol. The van der Waals surface area contributed by atoms with Gasteiger partial charge in [-0.3, -0.25) is 10.1 Å². The van der Waals surface area contributed by atoms with Crippen molar-refractivity contribution in [1.82, 2.24) is 0 Å². The van der Waals surface area contributed by atoms with E-state index in [1.54, 1.807) is 78.9 Å². The second-order valence-corrected chi connectivity index (χ2v) is 8.44. The van der Waals surface area contributed by atoms with Crippen LogP contribution in [0, 0.1) is 10.1 Å². The van der Waals surface area contributed by atoms with Crippen LogP contribution in [0.3, 0.4) is 0 Å². The molecule has 3 aromatic rings. The summed E-state index contributed by atoms with van der Waals surface area (Å²) in [6, 6.07) is 23.3. The van der Waals surface area contributed by atoms with Crippen LogP contribution in [0.2, 0.25) is 5.02 Å². The smallest absolute Gasteiger partial charge is 0.415 e. The highest BCUT2D eigenvalue weighted by molar-refractivity contribution is 7.55. The van der Waals surface area contributed by atoms with Gasteiger partial charge in [-0.15, -0.1) is 0 Å². The SMILES string of the molecule is O=[N+]([O-])CC(c1cccc(Cl)c1)P(=O)(Oc1ccccc1)Oc1ccccc1. The van der Waals surface area contributed by atoms with Crippen molar-refractivity contribution in [3.8, 4) is 11.5 Å². The third-order valence-corrected chi connectivity index (χ3v) is 6.28. The lowest BCUT2D eigenvalue weighted by molar-refractivity contribution is -0.480. The second-order valence-electron chi connectivity index (χ2n) is 5.93. The normalized spacial score (nSPS) is 12.2. The molecule has 0 bridgehead atoms. The topological polar surface area (TPSA) is 78.7 Å². The molecule has 0 heterocycles. The first kappa shape index (κ1) is 19.9. The van der Waals surface area contributed by atoms with E-state index in [-0.39, 0.29) is 11.5 Å². The Hall–Kier alpha value is -2.82. The molecule has 1 unspecified atom stereocenters. The van der Waals surface area contributed by atoms with Gasteiger partial charge in [0.1, 0.15) is 11.5 Å². The maximum atomic E-state index is 13.9. The molecule has 8 heteroatoms. The van der Waals surface area contributed by atoms with Crippen molar-refractivity contribution in [2.45, 2.75) is 5.66 Å². The average molecular weight is 418 g/mol. The first-order chi connectivity index (χ1) is 13.5. The molecule has 0 aliphatic heterocycles. The largest absolute Gasteiger partial charge is 0.444 e. The van der Waals surface area contributed by atoms with Crippen LogP contribution in [0.5, 0.6) is 11.5 Å². The molecule has 0 spiro atoms. The Balaban J connectivity index is 2.07. The minimum Gasteiger partial charge on any atom is -0.415 e. The summed E-state index contributed by atoms with van der Waals surface area (Å²) in [6.45, 7) is -0.642. The summed E-state index contributed by atoms with van der Waals surface area (Å²) in [7, 11) is -4.07. The second kappa shape index (κ2) is 8.91. The number of benzene rings is 3. The van der Waals surface area contributed by atoms with Gasteiger partial charge in [-0.05, 0) is 42.0 Å². The van der Waals surface area contributed by atoms with Crippen LogP contribution in [0.25, 0.3) is 0 Å². The van der Waals surface area contributed by atoms with Gasteiger partial charge in [0.15, 0.2) is 5.66 Å². The van der Waals surface area contributed by atoms with Gasteiger partial charge in [0.25, 0.3) is 0 Å². The van der Waals surface area contributed by atoms with Crippen molar-refractivity contribution in [3.05, 3.63) is 106 Å². The Bertz CT molecular complexity index is 939. The van der Waals surface area contributed by atoms with Gasteiger partial charge in [-0.25, -0.2) is 4.57 Å². The highest BCUT2D eigenvalue weighted by atomic mass is 35.5. The Morgan fingerprint density at radius 3 is 1.89 bits per heavy atom. The van der Waals surface area contributed by atoms with Gasteiger partial charge in [-0.2, -0.15) is 0 Å². The fraction of sp³-hybridized carbons (Fsp3) is 0.100. The lowest BCUT2D eigenvalue weighted by Gasteiger charge is -2.25. The van der Waals surface area contributed by atoms with Crippen LogP contribution in [-0.4, -0.2) is 11.5 Å². The fourth-order valence-corrected chi connectivity index (χ4v) is 4.83. The predicted octanol–water partition coefficient (Wildman–Crippen LogP) is 6.01.